The van der Waals surface area contributed by atoms with Crippen LogP contribution in [0.5, 0.6) is 5.75 Å². The van der Waals surface area contributed by atoms with Crippen LogP contribution >= 0.6 is 0 Å². The van der Waals surface area contributed by atoms with Crippen molar-refractivity contribution in [1.82, 2.24) is 0 Å². The second-order valence-electron chi connectivity index (χ2n) is 11.9. The molecule has 47 heavy (non-hydrogen) atoms. The number of anilines is 1. The minimum absolute atomic E-state index is 0.0752. The smallest absolute Gasteiger partial charge is 0.415 e. The lowest BCUT2D eigenvalue weighted by molar-refractivity contribution is -0.231. The second kappa shape index (κ2) is 13.8. The van der Waals surface area contributed by atoms with Crippen LogP contribution in [0, 0.1) is 5.82 Å². The Labute approximate surface area is 270 Å². The Morgan fingerprint density at radius 3 is 2.15 bits per heavy atom. The number of benzene rings is 4. The Kier molecular flexibility index (Phi) is 9.55. The van der Waals surface area contributed by atoms with Crippen molar-refractivity contribution in [3.05, 3.63) is 120 Å². The summed E-state index contributed by atoms with van der Waals surface area (Å²) in [5.41, 5.74) is 3.47. The van der Waals surface area contributed by atoms with Crippen LogP contribution in [0.2, 0.25) is 0 Å². The summed E-state index contributed by atoms with van der Waals surface area (Å²) in [6, 6.07) is 25.8. The van der Waals surface area contributed by atoms with Gasteiger partial charge in [-0.15, -0.1) is 0 Å². The molecule has 2 fully saturated rings. The molecule has 2 saturated heterocycles. The number of halogens is 1. The molecule has 246 valence electrons. The molecule has 0 saturated carbocycles. The summed E-state index contributed by atoms with van der Waals surface area (Å²) < 4.78 is 24.9. The molecule has 0 aliphatic carbocycles. The third kappa shape index (κ3) is 6.59. The summed E-state index contributed by atoms with van der Waals surface area (Å²) in [6.45, 7) is -0.528. The van der Waals surface area contributed by atoms with E-state index in [0.717, 1.165) is 5.56 Å². The first-order valence-electron chi connectivity index (χ1n) is 15.4. The van der Waals surface area contributed by atoms with Gasteiger partial charge < -0.3 is 40.1 Å². The number of ether oxygens (including phenoxy) is 2. The number of hydrogen-bond donors (Lipinski definition) is 6. The molecule has 0 spiro atoms. The highest BCUT2D eigenvalue weighted by molar-refractivity contribution is 5.91. The summed E-state index contributed by atoms with van der Waals surface area (Å²) in [5.74, 6) is -0.485. The highest BCUT2D eigenvalue weighted by Crippen LogP contribution is 2.44. The standard InChI is InChI=1S/C36H36FNO9/c37-24-13-10-21(11-14-24)27(40)16-17-29-31(38(36(45)47-29)25-4-2-1-3-5-25)26-15-12-23(18-28(26)41)20-6-8-22(9-7-20)35-34(44)33(43)32(42)30(19-39)46-35/h1-15,18,27,29-35,39-44H,16-17,19H2/t27-,29+,30+,31+,32+,33-,34+,35?/m0/s1. The summed E-state index contributed by atoms with van der Waals surface area (Å²) >= 11 is 0. The molecule has 8 atom stereocenters. The highest BCUT2D eigenvalue weighted by Gasteiger charge is 2.45. The zero-order chi connectivity index (χ0) is 33.2. The van der Waals surface area contributed by atoms with Gasteiger partial charge in [0.1, 0.15) is 54.2 Å². The minimum Gasteiger partial charge on any atom is -0.508 e. The van der Waals surface area contributed by atoms with E-state index in [1.165, 1.54) is 29.2 Å². The van der Waals surface area contributed by atoms with Gasteiger partial charge in [0.2, 0.25) is 0 Å². The number of phenols is 1. The molecule has 6 rings (SSSR count). The molecule has 11 heteroatoms. The number of aliphatic hydroxyl groups is 5. The third-order valence-electron chi connectivity index (χ3n) is 8.91. The van der Waals surface area contributed by atoms with E-state index >= 15 is 0 Å². The fourth-order valence-corrected chi connectivity index (χ4v) is 6.33. The van der Waals surface area contributed by atoms with E-state index in [9.17, 15) is 39.8 Å². The van der Waals surface area contributed by atoms with Crippen LogP contribution in [0.15, 0.2) is 97.1 Å². The average molecular weight is 646 g/mol. The van der Waals surface area contributed by atoms with Gasteiger partial charge in [-0.3, -0.25) is 4.90 Å². The van der Waals surface area contributed by atoms with E-state index < -0.39 is 67.3 Å². The first kappa shape index (κ1) is 32.6. The number of amides is 1. The van der Waals surface area contributed by atoms with Crippen LogP contribution in [0.1, 0.15) is 47.8 Å². The summed E-state index contributed by atoms with van der Waals surface area (Å²) in [4.78, 5) is 14.7. The van der Waals surface area contributed by atoms with Crippen molar-refractivity contribution in [2.45, 2.75) is 61.6 Å². The van der Waals surface area contributed by atoms with Crippen LogP contribution in [0.4, 0.5) is 14.9 Å². The predicted octanol–water partition coefficient (Wildman–Crippen LogP) is 4.29. The molecule has 4 aromatic rings. The highest BCUT2D eigenvalue weighted by atomic mass is 19.1. The molecule has 2 heterocycles. The SMILES string of the molecule is O=C1O[C@H](CC[C@H](O)c2ccc(F)cc2)[C@@H](c2ccc(-c3ccc(C4O[C@H](CO)[C@@H](O)[C@H](O)[C@H]4O)cc3)cc2O)N1c1ccccc1. The molecule has 1 unspecified atom stereocenters. The van der Waals surface area contributed by atoms with Crippen LogP contribution in [0.3, 0.4) is 0 Å². The molecule has 2 aliphatic rings. The number of carbonyl (C=O) groups is 1. The monoisotopic (exact) mass is 645 g/mol. The zero-order valence-electron chi connectivity index (χ0n) is 25.2. The van der Waals surface area contributed by atoms with Gasteiger partial charge in [-0.05, 0) is 65.4 Å². The lowest BCUT2D eigenvalue weighted by Gasteiger charge is -2.40. The zero-order valence-corrected chi connectivity index (χ0v) is 25.2. The van der Waals surface area contributed by atoms with Gasteiger partial charge in [-0.25, -0.2) is 9.18 Å². The normalized spacial score (nSPS) is 26.6. The van der Waals surface area contributed by atoms with E-state index in [0.29, 0.717) is 27.9 Å². The van der Waals surface area contributed by atoms with E-state index in [1.807, 2.05) is 6.07 Å². The fourth-order valence-electron chi connectivity index (χ4n) is 6.33. The topological polar surface area (TPSA) is 160 Å². The first-order valence-corrected chi connectivity index (χ1v) is 15.4. The number of aromatic hydroxyl groups is 1. The number of para-hydroxylation sites is 1. The fraction of sp³-hybridized carbons (Fsp3) is 0.306. The van der Waals surface area contributed by atoms with Crippen molar-refractivity contribution < 1.29 is 49.3 Å². The Bertz CT molecular complexity index is 1670. The molecule has 6 N–H and O–H groups in total. The lowest BCUT2D eigenvalue weighted by Crippen LogP contribution is -2.55. The van der Waals surface area contributed by atoms with Crippen LogP contribution in [-0.2, 0) is 9.47 Å². The molecular formula is C36H36FNO9. The third-order valence-corrected chi connectivity index (χ3v) is 8.91. The number of phenolic OH excluding ortho intramolecular Hbond substituents is 1. The quantitative estimate of drug-likeness (QED) is 0.156. The van der Waals surface area contributed by atoms with Gasteiger partial charge in [0, 0.05) is 11.3 Å². The molecule has 0 radical (unpaired) electrons. The second-order valence-corrected chi connectivity index (χ2v) is 11.9. The van der Waals surface area contributed by atoms with Crippen molar-refractivity contribution >= 4 is 11.8 Å². The van der Waals surface area contributed by atoms with Gasteiger partial charge in [0.05, 0.1) is 12.7 Å². The maximum Gasteiger partial charge on any atom is 0.415 e. The number of hydrogen-bond acceptors (Lipinski definition) is 9. The van der Waals surface area contributed by atoms with Gasteiger partial charge >= 0.3 is 6.09 Å². The van der Waals surface area contributed by atoms with E-state index in [2.05, 4.69) is 0 Å². The Balaban J connectivity index is 1.25. The summed E-state index contributed by atoms with van der Waals surface area (Å²) in [7, 11) is 0. The minimum atomic E-state index is -1.49. The van der Waals surface area contributed by atoms with E-state index in [4.69, 9.17) is 9.47 Å². The van der Waals surface area contributed by atoms with Crippen LogP contribution in [-0.4, -0.2) is 73.9 Å². The van der Waals surface area contributed by atoms with Crippen molar-refractivity contribution in [3.63, 3.8) is 0 Å². The summed E-state index contributed by atoms with van der Waals surface area (Å²) in [6.07, 6.45) is -8.09. The predicted molar refractivity (Wildman–Crippen MR) is 169 cm³/mol. The number of cyclic esters (lactones) is 1. The summed E-state index contributed by atoms with van der Waals surface area (Å²) in [5, 5.41) is 62.4. The molecule has 0 bridgehead atoms. The van der Waals surface area contributed by atoms with Crippen molar-refractivity contribution in [2.75, 3.05) is 11.5 Å². The van der Waals surface area contributed by atoms with Gasteiger partial charge in [-0.1, -0.05) is 66.7 Å². The molecule has 1 amide bonds. The average Bonchev–Trinajstić information content (AvgIpc) is 3.42. The van der Waals surface area contributed by atoms with Crippen LogP contribution in [0.25, 0.3) is 11.1 Å². The molecule has 4 aromatic carbocycles. The molecule has 10 nitrogen and oxygen atoms in total. The van der Waals surface area contributed by atoms with Gasteiger partial charge in [-0.2, -0.15) is 0 Å². The van der Waals surface area contributed by atoms with Crippen molar-refractivity contribution in [3.8, 4) is 16.9 Å². The number of carbonyl (C=O) groups excluding carboxylic acids is 1. The molecular weight excluding hydrogens is 609 g/mol. The molecule has 2 aliphatic heterocycles. The van der Waals surface area contributed by atoms with Crippen LogP contribution < -0.4 is 4.90 Å². The van der Waals surface area contributed by atoms with Gasteiger partial charge in [0.15, 0.2) is 0 Å². The van der Waals surface area contributed by atoms with Crippen molar-refractivity contribution in [1.29, 1.82) is 0 Å². The number of aliphatic hydroxyl groups excluding tert-OH is 5. The number of nitrogens with zero attached hydrogens (tertiary/aromatic N) is 1. The Hall–Kier alpha value is -4.36. The first-order chi connectivity index (χ1) is 22.7. The maximum absolute atomic E-state index is 13.4. The lowest BCUT2D eigenvalue weighted by atomic mass is 9.90. The largest absolute Gasteiger partial charge is 0.508 e. The van der Waals surface area contributed by atoms with E-state index in [-0.39, 0.29) is 18.6 Å². The maximum atomic E-state index is 13.4. The Morgan fingerprint density at radius 1 is 0.809 bits per heavy atom. The van der Waals surface area contributed by atoms with E-state index in [1.54, 1.807) is 66.7 Å². The Morgan fingerprint density at radius 2 is 1.49 bits per heavy atom. The van der Waals surface area contributed by atoms with Gasteiger partial charge in [0.25, 0.3) is 0 Å². The van der Waals surface area contributed by atoms with Crippen molar-refractivity contribution in [2.24, 2.45) is 0 Å². The molecule has 0 aromatic heterocycles. The number of rotatable bonds is 9.